The van der Waals surface area contributed by atoms with E-state index in [-0.39, 0.29) is 12.4 Å². The Kier molecular flexibility index (Phi) is 5.74. The van der Waals surface area contributed by atoms with E-state index in [2.05, 4.69) is 43.4 Å². The van der Waals surface area contributed by atoms with E-state index in [0.29, 0.717) is 11.9 Å². The van der Waals surface area contributed by atoms with Gasteiger partial charge in [-0.15, -0.1) is 12.4 Å². The molecule has 0 radical (unpaired) electrons. The third-order valence-corrected chi connectivity index (χ3v) is 5.24. The van der Waals surface area contributed by atoms with Crippen molar-refractivity contribution in [3.05, 3.63) is 67.6 Å². The van der Waals surface area contributed by atoms with Gasteiger partial charge >= 0.3 is 0 Å². The minimum absolute atomic E-state index is 0. The average Bonchev–Trinajstić information content (AvgIpc) is 3.47. The van der Waals surface area contributed by atoms with Gasteiger partial charge in [-0.05, 0) is 43.6 Å². The van der Waals surface area contributed by atoms with Gasteiger partial charge in [0.2, 0.25) is 0 Å². The van der Waals surface area contributed by atoms with E-state index in [9.17, 15) is 0 Å². The largest absolute Gasteiger partial charge is 0.472 e. The summed E-state index contributed by atoms with van der Waals surface area (Å²) in [6, 6.07) is 10.6. The lowest BCUT2D eigenvalue weighted by molar-refractivity contribution is 0.343. The predicted octanol–water partition coefficient (Wildman–Crippen LogP) is 4.61. The molecular formula is C22H22ClN5O. The van der Waals surface area contributed by atoms with Crippen molar-refractivity contribution in [3.63, 3.8) is 0 Å². The second kappa shape index (κ2) is 8.59. The SMILES string of the molecule is Cl.c1cc(-c2ccoc2)cc(-c2ncc(-c3cnn(C4CCNCC4)c3)cn2)c1. The van der Waals surface area contributed by atoms with Gasteiger partial charge in [0, 0.05) is 40.8 Å². The topological polar surface area (TPSA) is 68.8 Å². The van der Waals surface area contributed by atoms with Crippen molar-refractivity contribution in [1.29, 1.82) is 0 Å². The number of furan rings is 1. The molecule has 29 heavy (non-hydrogen) atoms. The molecule has 3 aromatic heterocycles. The van der Waals surface area contributed by atoms with Crippen molar-refractivity contribution < 1.29 is 4.42 Å². The van der Waals surface area contributed by atoms with Crippen molar-refractivity contribution in [1.82, 2.24) is 25.1 Å². The lowest BCUT2D eigenvalue weighted by atomic mass is 10.1. The summed E-state index contributed by atoms with van der Waals surface area (Å²) in [5, 5.41) is 7.95. The maximum atomic E-state index is 5.18. The Morgan fingerprint density at radius 1 is 0.897 bits per heavy atom. The van der Waals surface area contributed by atoms with Gasteiger partial charge in [-0.25, -0.2) is 9.97 Å². The molecule has 1 aliphatic heterocycles. The molecular weight excluding hydrogens is 386 g/mol. The van der Waals surface area contributed by atoms with Gasteiger partial charge in [0.05, 0.1) is 24.8 Å². The second-order valence-corrected chi connectivity index (χ2v) is 7.08. The highest BCUT2D eigenvalue weighted by molar-refractivity contribution is 5.85. The fraction of sp³-hybridized carbons (Fsp3) is 0.227. The summed E-state index contributed by atoms with van der Waals surface area (Å²) in [6.07, 6.45) is 13.4. The number of piperidine rings is 1. The van der Waals surface area contributed by atoms with Crippen LogP contribution in [0.2, 0.25) is 0 Å². The van der Waals surface area contributed by atoms with Gasteiger partial charge in [0.15, 0.2) is 5.82 Å². The summed E-state index contributed by atoms with van der Waals surface area (Å²) in [6.45, 7) is 2.10. The van der Waals surface area contributed by atoms with Crippen molar-refractivity contribution >= 4 is 12.4 Å². The van der Waals surface area contributed by atoms with E-state index in [0.717, 1.165) is 53.7 Å². The zero-order valence-electron chi connectivity index (χ0n) is 15.9. The summed E-state index contributed by atoms with van der Waals surface area (Å²) in [7, 11) is 0. The highest BCUT2D eigenvalue weighted by Gasteiger charge is 2.16. The number of nitrogens with one attached hydrogen (secondary N) is 1. The fourth-order valence-corrected chi connectivity index (χ4v) is 3.65. The summed E-state index contributed by atoms with van der Waals surface area (Å²) in [5.74, 6) is 0.708. The molecule has 0 unspecified atom stereocenters. The maximum absolute atomic E-state index is 5.18. The monoisotopic (exact) mass is 407 g/mol. The van der Waals surface area contributed by atoms with Gasteiger partial charge in [0.25, 0.3) is 0 Å². The number of benzene rings is 1. The Labute approximate surface area is 175 Å². The summed E-state index contributed by atoms with van der Waals surface area (Å²) < 4.78 is 7.26. The van der Waals surface area contributed by atoms with Gasteiger partial charge in [-0.2, -0.15) is 5.10 Å². The molecule has 0 aliphatic carbocycles. The van der Waals surface area contributed by atoms with Crippen LogP contribution in [-0.2, 0) is 0 Å². The van der Waals surface area contributed by atoms with Crippen LogP contribution in [0.5, 0.6) is 0 Å². The third-order valence-electron chi connectivity index (χ3n) is 5.24. The number of aromatic nitrogens is 4. The Morgan fingerprint density at radius 3 is 2.45 bits per heavy atom. The van der Waals surface area contributed by atoms with Crippen molar-refractivity contribution in [2.75, 3.05) is 13.1 Å². The Hall–Kier alpha value is -2.96. The van der Waals surface area contributed by atoms with E-state index >= 15 is 0 Å². The number of hydrogen-bond acceptors (Lipinski definition) is 5. The van der Waals surface area contributed by atoms with Crippen LogP contribution in [0.1, 0.15) is 18.9 Å². The van der Waals surface area contributed by atoms with Crippen LogP contribution >= 0.6 is 12.4 Å². The third kappa shape index (κ3) is 4.09. The Bertz CT molecular complexity index is 1050. The molecule has 0 amide bonds. The lowest BCUT2D eigenvalue weighted by Crippen LogP contribution is -2.29. The molecule has 5 rings (SSSR count). The van der Waals surface area contributed by atoms with E-state index in [4.69, 9.17) is 4.42 Å². The molecule has 1 saturated heterocycles. The second-order valence-electron chi connectivity index (χ2n) is 7.08. The first kappa shape index (κ1) is 19.4. The summed E-state index contributed by atoms with van der Waals surface area (Å²) >= 11 is 0. The molecule has 0 atom stereocenters. The Morgan fingerprint density at radius 2 is 1.69 bits per heavy atom. The minimum Gasteiger partial charge on any atom is -0.472 e. The van der Waals surface area contributed by atoms with Gasteiger partial charge < -0.3 is 9.73 Å². The molecule has 148 valence electrons. The van der Waals surface area contributed by atoms with E-state index in [1.807, 2.05) is 36.8 Å². The van der Waals surface area contributed by atoms with Crippen LogP contribution in [0.25, 0.3) is 33.6 Å². The van der Waals surface area contributed by atoms with Crippen LogP contribution in [0.4, 0.5) is 0 Å². The number of hydrogen-bond donors (Lipinski definition) is 1. The quantitative estimate of drug-likeness (QED) is 0.534. The maximum Gasteiger partial charge on any atom is 0.159 e. The summed E-state index contributed by atoms with van der Waals surface area (Å²) in [4.78, 5) is 9.18. The van der Waals surface area contributed by atoms with E-state index in [1.54, 1.807) is 12.5 Å². The molecule has 0 saturated carbocycles. The molecule has 1 aliphatic rings. The highest BCUT2D eigenvalue weighted by Crippen LogP contribution is 2.26. The first-order valence-corrected chi connectivity index (χ1v) is 9.57. The van der Waals surface area contributed by atoms with Crippen LogP contribution in [0.3, 0.4) is 0 Å². The molecule has 7 heteroatoms. The number of nitrogens with zero attached hydrogens (tertiary/aromatic N) is 4. The molecule has 1 N–H and O–H groups in total. The Balaban J connectivity index is 0.00000205. The van der Waals surface area contributed by atoms with E-state index < -0.39 is 0 Å². The molecule has 1 fully saturated rings. The van der Waals surface area contributed by atoms with E-state index in [1.165, 1.54) is 0 Å². The molecule has 4 aromatic rings. The predicted molar refractivity (Wildman–Crippen MR) is 115 cm³/mol. The lowest BCUT2D eigenvalue weighted by Gasteiger charge is -2.22. The first-order valence-electron chi connectivity index (χ1n) is 9.57. The smallest absolute Gasteiger partial charge is 0.159 e. The van der Waals surface area contributed by atoms with Gasteiger partial charge in [-0.1, -0.05) is 18.2 Å². The minimum atomic E-state index is 0. The van der Waals surface area contributed by atoms with Gasteiger partial charge in [-0.3, -0.25) is 4.68 Å². The van der Waals surface area contributed by atoms with Crippen LogP contribution < -0.4 is 5.32 Å². The molecule has 0 bridgehead atoms. The average molecular weight is 408 g/mol. The van der Waals surface area contributed by atoms with Crippen molar-refractivity contribution in [3.8, 4) is 33.6 Å². The molecule has 0 spiro atoms. The molecule has 4 heterocycles. The van der Waals surface area contributed by atoms with Gasteiger partial charge in [0.1, 0.15) is 0 Å². The normalized spacial score (nSPS) is 14.5. The number of halogens is 1. The molecule has 1 aromatic carbocycles. The highest BCUT2D eigenvalue weighted by atomic mass is 35.5. The van der Waals surface area contributed by atoms with Crippen molar-refractivity contribution in [2.45, 2.75) is 18.9 Å². The zero-order valence-corrected chi connectivity index (χ0v) is 16.7. The van der Waals surface area contributed by atoms with Crippen molar-refractivity contribution in [2.24, 2.45) is 0 Å². The summed E-state index contributed by atoms with van der Waals surface area (Å²) in [5.41, 5.74) is 5.15. The standard InChI is InChI=1S/C22H21N5O.ClH/c1-2-16(18-6-9-28-15-18)10-17(3-1)22-24-11-19(12-25-22)20-13-26-27(14-20)21-4-7-23-8-5-21;/h1-3,6,9-15,21,23H,4-5,7-8H2;1H. The number of rotatable bonds is 4. The van der Waals surface area contributed by atoms with Crippen LogP contribution in [-0.4, -0.2) is 32.8 Å². The van der Waals surface area contributed by atoms with Crippen LogP contribution in [0, 0.1) is 0 Å². The molecule has 6 nitrogen and oxygen atoms in total. The fourth-order valence-electron chi connectivity index (χ4n) is 3.65. The first-order chi connectivity index (χ1) is 13.9. The van der Waals surface area contributed by atoms with Crippen LogP contribution in [0.15, 0.2) is 72.1 Å². The zero-order chi connectivity index (χ0) is 18.8.